The van der Waals surface area contributed by atoms with Crippen LogP contribution in [0.5, 0.6) is 0 Å². The Balaban J connectivity index is 2.06. The van der Waals surface area contributed by atoms with Crippen LogP contribution < -0.4 is 4.72 Å². The molecule has 3 aromatic rings. The quantitative estimate of drug-likeness (QED) is 0.378. The van der Waals surface area contributed by atoms with E-state index < -0.39 is 27.0 Å². The van der Waals surface area contributed by atoms with Crippen LogP contribution in [0.4, 0.5) is 5.69 Å². The molecule has 0 bridgehead atoms. The van der Waals surface area contributed by atoms with Crippen LogP contribution in [-0.2, 0) is 19.6 Å². The number of nitrogens with zero attached hydrogens (tertiary/aromatic N) is 1. The number of hydrogen-bond acceptors (Lipinski definition) is 7. The first-order chi connectivity index (χ1) is 13.1. The van der Waals surface area contributed by atoms with Gasteiger partial charge in [0.15, 0.2) is 0 Å². The van der Waals surface area contributed by atoms with Gasteiger partial charge in [0.05, 0.1) is 23.0 Å². The molecule has 0 radical (unpaired) electrons. The van der Waals surface area contributed by atoms with Gasteiger partial charge >= 0.3 is 5.97 Å². The minimum Gasteiger partial charge on any atom is -0.468 e. The second kappa shape index (κ2) is 7.21. The van der Waals surface area contributed by atoms with Gasteiger partial charge in [0.1, 0.15) is 17.2 Å². The van der Waals surface area contributed by atoms with Crippen molar-refractivity contribution in [2.45, 2.75) is 24.8 Å². The highest BCUT2D eigenvalue weighted by Gasteiger charge is 2.29. The lowest BCUT2D eigenvalue weighted by atomic mass is 10.1. The van der Waals surface area contributed by atoms with E-state index in [1.807, 2.05) is 0 Å². The predicted molar refractivity (Wildman–Crippen MR) is 101 cm³/mol. The fourth-order valence-corrected chi connectivity index (χ4v) is 4.20. The molecule has 1 atom stereocenters. The lowest BCUT2D eigenvalue weighted by Gasteiger charge is -2.19. The molecule has 148 valence electrons. The third-order valence-corrected chi connectivity index (χ3v) is 5.79. The van der Waals surface area contributed by atoms with Crippen molar-refractivity contribution in [3.63, 3.8) is 0 Å². The van der Waals surface area contributed by atoms with E-state index in [2.05, 4.69) is 9.46 Å². The largest absolute Gasteiger partial charge is 0.468 e. The number of hydrogen-bond donors (Lipinski definition) is 1. The summed E-state index contributed by atoms with van der Waals surface area (Å²) in [6.45, 7) is 3.40. The molecule has 0 spiro atoms. The number of carbonyl (C=O) groups excluding carboxylic acids is 1. The molecule has 9 nitrogen and oxygen atoms in total. The fourth-order valence-electron chi connectivity index (χ4n) is 2.84. The van der Waals surface area contributed by atoms with Gasteiger partial charge in [-0.2, -0.15) is 4.72 Å². The van der Waals surface area contributed by atoms with Crippen LogP contribution in [0.2, 0.25) is 0 Å². The standard InChI is InChI=1S/C18H18N2O7S/c1-10(2)17(18(21)26-3)19-28(24,25)12-5-7-15-14(9-12)13-6-4-11(20(22)23)8-16(13)27-15/h4-10,17,19H,1-3H3/t17-/m0/s1. The zero-order valence-electron chi connectivity index (χ0n) is 15.3. The van der Waals surface area contributed by atoms with Gasteiger partial charge in [-0.25, -0.2) is 8.42 Å². The third kappa shape index (κ3) is 3.56. The Morgan fingerprint density at radius 3 is 2.46 bits per heavy atom. The Morgan fingerprint density at radius 1 is 1.14 bits per heavy atom. The normalized spacial score (nSPS) is 13.1. The van der Waals surface area contributed by atoms with Gasteiger partial charge in [0.25, 0.3) is 5.69 Å². The number of nitro benzene ring substituents is 1. The number of furan rings is 1. The Hall–Kier alpha value is -2.98. The maximum atomic E-state index is 12.8. The fraction of sp³-hybridized carbons (Fsp3) is 0.278. The van der Waals surface area contributed by atoms with E-state index in [1.54, 1.807) is 13.8 Å². The number of carbonyl (C=O) groups is 1. The molecule has 0 fully saturated rings. The van der Waals surface area contributed by atoms with Gasteiger partial charge in [0, 0.05) is 16.8 Å². The van der Waals surface area contributed by atoms with Gasteiger partial charge in [0.2, 0.25) is 10.0 Å². The number of esters is 1. The summed E-state index contributed by atoms with van der Waals surface area (Å²) in [6, 6.07) is 7.30. The molecular weight excluding hydrogens is 388 g/mol. The van der Waals surface area contributed by atoms with Crippen molar-refractivity contribution in [3.05, 3.63) is 46.5 Å². The van der Waals surface area contributed by atoms with Crippen LogP contribution in [0, 0.1) is 16.0 Å². The first kappa shape index (κ1) is 19.8. The molecule has 0 saturated carbocycles. The molecule has 0 unspecified atom stereocenters. The summed E-state index contributed by atoms with van der Waals surface area (Å²) in [6.07, 6.45) is 0. The summed E-state index contributed by atoms with van der Waals surface area (Å²) in [7, 11) is -2.83. The summed E-state index contributed by atoms with van der Waals surface area (Å²) in [5, 5.41) is 12.0. The predicted octanol–water partition coefficient (Wildman–Crippen LogP) is 2.97. The number of benzene rings is 2. The summed E-state index contributed by atoms with van der Waals surface area (Å²) >= 11 is 0. The number of nitro groups is 1. The number of methoxy groups -OCH3 is 1. The highest BCUT2D eigenvalue weighted by atomic mass is 32.2. The second-order valence-electron chi connectivity index (χ2n) is 6.56. The van der Waals surface area contributed by atoms with Crippen molar-refractivity contribution in [1.82, 2.24) is 4.72 Å². The lowest BCUT2D eigenvalue weighted by Crippen LogP contribution is -2.44. The molecular formula is C18H18N2O7S. The Bertz CT molecular complexity index is 1180. The van der Waals surface area contributed by atoms with Crippen LogP contribution in [0.25, 0.3) is 21.9 Å². The Kier molecular flexibility index (Phi) is 5.09. The average molecular weight is 406 g/mol. The summed E-state index contributed by atoms with van der Waals surface area (Å²) < 4.78 is 38.2. The van der Waals surface area contributed by atoms with Gasteiger partial charge in [-0.1, -0.05) is 13.8 Å². The average Bonchev–Trinajstić information content (AvgIpc) is 3.02. The van der Waals surface area contributed by atoms with E-state index in [1.165, 1.54) is 43.5 Å². The highest BCUT2D eigenvalue weighted by Crippen LogP contribution is 2.32. The highest BCUT2D eigenvalue weighted by molar-refractivity contribution is 7.89. The topological polar surface area (TPSA) is 129 Å². The van der Waals surface area contributed by atoms with Crippen molar-refractivity contribution in [2.75, 3.05) is 7.11 Å². The minimum absolute atomic E-state index is 0.0596. The molecule has 1 aromatic heterocycles. The smallest absolute Gasteiger partial charge is 0.324 e. The summed E-state index contributed by atoms with van der Waals surface area (Å²) in [5.74, 6) is -0.998. The van der Waals surface area contributed by atoms with Crippen molar-refractivity contribution in [2.24, 2.45) is 5.92 Å². The summed E-state index contributed by atoms with van der Waals surface area (Å²) in [5.41, 5.74) is 0.545. The Labute approximate surface area is 160 Å². The maximum Gasteiger partial charge on any atom is 0.324 e. The van der Waals surface area contributed by atoms with Crippen LogP contribution in [0.15, 0.2) is 45.7 Å². The zero-order chi connectivity index (χ0) is 20.6. The molecule has 0 aliphatic heterocycles. The third-order valence-electron chi connectivity index (χ3n) is 4.35. The molecule has 0 saturated heterocycles. The van der Waals surface area contributed by atoms with E-state index in [0.717, 1.165) is 0 Å². The van der Waals surface area contributed by atoms with Crippen LogP contribution in [0.1, 0.15) is 13.8 Å². The van der Waals surface area contributed by atoms with Gasteiger partial charge < -0.3 is 9.15 Å². The molecule has 3 rings (SSSR count). The monoisotopic (exact) mass is 406 g/mol. The van der Waals surface area contributed by atoms with Gasteiger partial charge in [-0.3, -0.25) is 14.9 Å². The molecule has 0 aliphatic carbocycles. The van der Waals surface area contributed by atoms with Gasteiger partial charge in [-0.05, 0) is 30.2 Å². The van der Waals surface area contributed by atoms with E-state index in [0.29, 0.717) is 16.4 Å². The molecule has 10 heteroatoms. The minimum atomic E-state index is -4.02. The van der Waals surface area contributed by atoms with Gasteiger partial charge in [-0.15, -0.1) is 0 Å². The maximum absolute atomic E-state index is 12.8. The number of rotatable bonds is 6. The van der Waals surface area contributed by atoms with Crippen molar-refractivity contribution in [1.29, 1.82) is 0 Å². The first-order valence-electron chi connectivity index (χ1n) is 8.35. The van der Waals surface area contributed by atoms with E-state index >= 15 is 0 Å². The number of sulfonamides is 1. The van der Waals surface area contributed by atoms with Crippen LogP contribution >= 0.6 is 0 Å². The van der Waals surface area contributed by atoms with Crippen LogP contribution in [-0.4, -0.2) is 32.5 Å². The molecule has 28 heavy (non-hydrogen) atoms. The summed E-state index contributed by atoms with van der Waals surface area (Å²) in [4.78, 5) is 22.2. The number of ether oxygens (including phenoxy) is 1. The van der Waals surface area contributed by atoms with E-state index in [4.69, 9.17) is 4.42 Å². The number of nitrogens with one attached hydrogen (secondary N) is 1. The van der Waals surface area contributed by atoms with Crippen molar-refractivity contribution < 1.29 is 27.3 Å². The first-order valence-corrected chi connectivity index (χ1v) is 9.83. The van der Waals surface area contributed by atoms with E-state index in [-0.39, 0.29) is 22.1 Å². The van der Waals surface area contributed by atoms with Crippen molar-refractivity contribution in [3.8, 4) is 0 Å². The van der Waals surface area contributed by atoms with Crippen LogP contribution in [0.3, 0.4) is 0 Å². The molecule has 0 amide bonds. The lowest BCUT2D eigenvalue weighted by molar-refractivity contribution is -0.384. The molecule has 0 aliphatic rings. The Morgan fingerprint density at radius 2 is 1.86 bits per heavy atom. The molecule has 2 aromatic carbocycles. The number of non-ortho nitro benzene ring substituents is 1. The second-order valence-corrected chi connectivity index (χ2v) is 8.28. The van der Waals surface area contributed by atoms with E-state index in [9.17, 15) is 23.3 Å². The SMILES string of the molecule is COC(=O)[C@@H](NS(=O)(=O)c1ccc2oc3cc([N+](=O)[O-])ccc3c2c1)C(C)C. The molecule has 1 N–H and O–H groups in total. The molecule has 1 heterocycles. The number of fused-ring (bicyclic) bond motifs is 3. The zero-order valence-corrected chi connectivity index (χ0v) is 16.1. The van der Waals surface area contributed by atoms with Crippen molar-refractivity contribution >= 4 is 43.6 Å².